The van der Waals surface area contributed by atoms with E-state index in [1.165, 1.54) is 0 Å². The summed E-state index contributed by atoms with van der Waals surface area (Å²) >= 11 is 6.00. The van der Waals surface area contributed by atoms with E-state index in [-0.39, 0.29) is 5.91 Å². The van der Waals surface area contributed by atoms with Crippen molar-refractivity contribution in [2.75, 3.05) is 20.2 Å². The van der Waals surface area contributed by atoms with Gasteiger partial charge in [-0.2, -0.15) is 0 Å². The standard InChI is InChI=1S/C15H18ClN3O2/c1-18(15(20)13-10-17-11-19(13)2)8-5-9-21-14-7-4-3-6-12(14)16/h3-4,6-7,10-11H,5,8-9H2,1-2H3. The normalized spacial score (nSPS) is 10.4. The SMILES string of the molecule is CN(CCCOc1ccccc1Cl)C(=O)c1cncn1C. The van der Waals surface area contributed by atoms with E-state index in [1.54, 1.807) is 42.2 Å². The Morgan fingerprint density at radius 2 is 2.19 bits per heavy atom. The Morgan fingerprint density at radius 3 is 2.86 bits per heavy atom. The van der Waals surface area contributed by atoms with Gasteiger partial charge in [0.05, 0.1) is 24.2 Å². The van der Waals surface area contributed by atoms with Gasteiger partial charge in [-0.3, -0.25) is 4.79 Å². The third kappa shape index (κ3) is 3.98. The molecule has 0 bridgehead atoms. The summed E-state index contributed by atoms with van der Waals surface area (Å²) in [4.78, 5) is 17.8. The summed E-state index contributed by atoms with van der Waals surface area (Å²) in [5.74, 6) is 0.618. The third-order valence-electron chi connectivity index (χ3n) is 3.11. The zero-order chi connectivity index (χ0) is 15.2. The average Bonchev–Trinajstić information content (AvgIpc) is 2.90. The van der Waals surface area contributed by atoms with Crippen molar-refractivity contribution in [3.8, 4) is 5.75 Å². The van der Waals surface area contributed by atoms with Crippen molar-refractivity contribution >= 4 is 17.5 Å². The number of rotatable bonds is 6. The fourth-order valence-corrected chi connectivity index (χ4v) is 2.10. The lowest BCUT2D eigenvalue weighted by Gasteiger charge is -2.17. The molecule has 0 saturated heterocycles. The number of ether oxygens (including phenoxy) is 1. The first-order chi connectivity index (χ1) is 10.1. The molecular weight excluding hydrogens is 290 g/mol. The Morgan fingerprint density at radius 1 is 1.43 bits per heavy atom. The number of carbonyl (C=O) groups is 1. The minimum Gasteiger partial charge on any atom is -0.492 e. The van der Waals surface area contributed by atoms with Crippen LogP contribution in [0.25, 0.3) is 0 Å². The number of carbonyl (C=O) groups excluding carboxylic acids is 1. The van der Waals surface area contributed by atoms with Crippen LogP contribution in [0.5, 0.6) is 5.75 Å². The van der Waals surface area contributed by atoms with Crippen molar-refractivity contribution in [2.45, 2.75) is 6.42 Å². The van der Waals surface area contributed by atoms with Gasteiger partial charge in [-0.15, -0.1) is 0 Å². The van der Waals surface area contributed by atoms with Crippen LogP contribution in [-0.2, 0) is 7.05 Å². The number of amides is 1. The fraction of sp³-hybridized carbons (Fsp3) is 0.333. The molecule has 0 spiro atoms. The molecule has 1 amide bonds. The topological polar surface area (TPSA) is 47.4 Å². The molecular formula is C15H18ClN3O2. The van der Waals surface area contributed by atoms with E-state index in [4.69, 9.17) is 16.3 Å². The van der Waals surface area contributed by atoms with Crippen LogP contribution in [0.3, 0.4) is 0 Å². The molecule has 1 aromatic heterocycles. The van der Waals surface area contributed by atoms with E-state index in [9.17, 15) is 4.79 Å². The summed E-state index contributed by atoms with van der Waals surface area (Å²) in [6, 6.07) is 7.34. The zero-order valence-corrected chi connectivity index (χ0v) is 12.9. The quantitative estimate of drug-likeness (QED) is 0.771. The smallest absolute Gasteiger partial charge is 0.271 e. The minimum atomic E-state index is -0.0484. The maximum absolute atomic E-state index is 12.1. The first-order valence-electron chi connectivity index (χ1n) is 6.68. The van der Waals surface area contributed by atoms with Crippen LogP contribution in [0, 0.1) is 0 Å². The van der Waals surface area contributed by atoms with Gasteiger partial charge in [-0.05, 0) is 18.6 Å². The van der Waals surface area contributed by atoms with Gasteiger partial charge in [0.2, 0.25) is 0 Å². The van der Waals surface area contributed by atoms with Gasteiger partial charge < -0.3 is 14.2 Å². The first kappa shape index (κ1) is 15.4. The number of imidazole rings is 1. The van der Waals surface area contributed by atoms with Gasteiger partial charge in [-0.25, -0.2) is 4.98 Å². The highest BCUT2D eigenvalue weighted by Gasteiger charge is 2.14. The van der Waals surface area contributed by atoms with Crippen LogP contribution in [0.2, 0.25) is 5.02 Å². The molecule has 0 atom stereocenters. The van der Waals surface area contributed by atoms with Crippen molar-refractivity contribution in [3.05, 3.63) is 47.5 Å². The second-order valence-electron chi connectivity index (χ2n) is 4.75. The highest BCUT2D eigenvalue weighted by molar-refractivity contribution is 6.32. The highest BCUT2D eigenvalue weighted by Crippen LogP contribution is 2.23. The number of hydrogen-bond donors (Lipinski definition) is 0. The predicted octanol–water partition coefficient (Wildman–Crippen LogP) is 2.61. The van der Waals surface area contributed by atoms with Gasteiger partial charge in [0.1, 0.15) is 11.4 Å². The Labute approximate surface area is 129 Å². The van der Waals surface area contributed by atoms with Gasteiger partial charge in [-0.1, -0.05) is 23.7 Å². The molecule has 0 aliphatic heterocycles. The molecule has 2 aromatic rings. The number of nitrogens with zero attached hydrogens (tertiary/aromatic N) is 3. The number of hydrogen-bond acceptors (Lipinski definition) is 3. The Kier molecular flexibility index (Phi) is 5.22. The van der Waals surface area contributed by atoms with Crippen molar-refractivity contribution in [1.29, 1.82) is 0 Å². The number of para-hydroxylation sites is 1. The van der Waals surface area contributed by atoms with Crippen molar-refractivity contribution in [3.63, 3.8) is 0 Å². The molecule has 0 N–H and O–H groups in total. The molecule has 0 radical (unpaired) electrons. The number of benzene rings is 1. The van der Waals surface area contributed by atoms with E-state index >= 15 is 0 Å². The largest absolute Gasteiger partial charge is 0.492 e. The predicted molar refractivity (Wildman–Crippen MR) is 81.7 cm³/mol. The van der Waals surface area contributed by atoms with E-state index in [1.807, 2.05) is 18.2 Å². The van der Waals surface area contributed by atoms with Crippen LogP contribution in [0.1, 0.15) is 16.9 Å². The highest BCUT2D eigenvalue weighted by atomic mass is 35.5. The molecule has 0 aliphatic carbocycles. The summed E-state index contributed by atoms with van der Waals surface area (Å²) in [5, 5.41) is 0.594. The zero-order valence-electron chi connectivity index (χ0n) is 12.1. The first-order valence-corrected chi connectivity index (χ1v) is 7.06. The molecule has 112 valence electrons. The van der Waals surface area contributed by atoms with Crippen molar-refractivity contribution in [2.24, 2.45) is 7.05 Å². The van der Waals surface area contributed by atoms with E-state index in [2.05, 4.69) is 4.98 Å². The van der Waals surface area contributed by atoms with Crippen LogP contribution >= 0.6 is 11.6 Å². The van der Waals surface area contributed by atoms with Gasteiger partial charge in [0, 0.05) is 20.6 Å². The molecule has 21 heavy (non-hydrogen) atoms. The monoisotopic (exact) mass is 307 g/mol. The van der Waals surface area contributed by atoms with Gasteiger partial charge in [0.25, 0.3) is 5.91 Å². The van der Waals surface area contributed by atoms with Gasteiger partial charge in [0.15, 0.2) is 0 Å². The molecule has 0 aliphatic rings. The Hall–Kier alpha value is -2.01. The molecule has 0 saturated carbocycles. The van der Waals surface area contributed by atoms with Crippen LogP contribution in [0.4, 0.5) is 0 Å². The van der Waals surface area contributed by atoms with Gasteiger partial charge >= 0.3 is 0 Å². The second kappa shape index (κ2) is 7.13. The molecule has 6 heteroatoms. The molecule has 2 rings (SSSR count). The lowest BCUT2D eigenvalue weighted by atomic mass is 10.3. The van der Waals surface area contributed by atoms with Crippen molar-refractivity contribution in [1.82, 2.24) is 14.5 Å². The maximum Gasteiger partial charge on any atom is 0.271 e. The average molecular weight is 308 g/mol. The van der Waals surface area contributed by atoms with Crippen LogP contribution in [0.15, 0.2) is 36.8 Å². The minimum absolute atomic E-state index is 0.0484. The molecule has 1 heterocycles. The van der Waals surface area contributed by atoms with Crippen molar-refractivity contribution < 1.29 is 9.53 Å². The summed E-state index contributed by atoms with van der Waals surface area (Å²) in [7, 11) is 3.57. The Balaban J connectivity index is 1.77. The van der Waals surface area contributed by atoms with Crippen LogP contribution in [-0.4, -0.2) is 40.6 Å². The van der Waals surface area contributed by atoms with E-state index in [0.29, 0.717) is 29.6 Å². The molecule has 5 nitrogen and oxygen atoms in total. The molecule has 1 aromatic carbocycles. The second-order valence-corrected chi connectivity index (χ2v) is 5.16. The lowest BCUT2D eigenvalue weighted by Crippen LogP contribution is -2.30. The number of aromatic nitrogens is 2. The maximum atomic E-state index is 12.1. The number of halogens is 1. The summed E-state index contributed by atoms with van der Waals surface area (Å²) in [5.41, 5.74) is 0.574. The lowest BCUT2D eigenvalue weighted by molar-refractivity contribution is 0.0778. The van der Waals surface area contributed by atoms with Crippen LogP contribution < -0.4 is 4.74 Å². The summed E-state index contributed by atoms with van der Waals surface area (Å²) in [6.07, 6.45) is 3.91. The molecule has 0 unspecified atom stereocenters. The summed E-state index contributed by atoms with van der Waals surface area (Å²) < 4.78 is 7.30. The summed E-state index contributed by atoms with van der Waals surface area (Å²) in [6.45, 7) is 1.11. The van der Waals surface area contributed by atoms with E-state index in [0.717, 1.165) is 6.42 Å². The fourth-order valence-electron chi connectivity index (χ4n) is 1.91. The number of aryl methyl sites for hydroxylation is 1. The Bertz CT molecular complexity index is 612. The molecule has 0 fully saturated rings. The van der Waals surface area contributed by atoms with E-state index < -0.39 is 0 Å². The third-order valence-corrected chi connectivity index (χ3v) is 3.43.